The Morgan fingerprint density at radius 3 is 2.29 bits per heavy atom. The minimum Gasteiger partial charge on any atom is -0.465 e. The van der Waals surface area contributed by atoms with Crippen molar-refractivity contribution in [2.75, 3.05) is 0 Å². The van der Waals surface area contributed by atoms with Crippen LogP contribution in [0, 0.1) is 11.8 Å². The lowest BCUT2D eigenvalue weighted by atomic mass is 9.81. The quantitative estimate of drug-likeness (QED) is 0.550. The molecule has 88 valence electrons. The van der Waals surface area contributed by atoms with Gasteiger partial charge in [-0.15, -0.1) is 0 Å². The van der Waals surface area contributed by atoms with E-state index in [-0.39, 0.29) is 23.4 Å². The van der Waals surface area contributed by atoms with Crippen LogP contribution in [0.5, 0.6) is 0 Å². The van der Waals surface area contributed by atoms with Gasteiger partial charge in [0.15, 0.2) is 11.6 Å². The fourth-order valence-corrected chi connectivity index (χ4v) is 2.94. The van der Waals surface area contributed by atoms with Gasteiger partial charge in [0.2, 0.25) is 0 Å². The first kappa shape index (κ1) is 10.5. The Kier molecular flexibility index (Phi) is 2.46. The van der Waals surface area contributed by atoms with Gasteiger partial charge < -0.3 is 4.42 Å². The van der Waals surface area contributed by atoms with Crippen molar-refractivity contribution in [3.63, 3.8) is 0 Å². The van der Waals surface area contributed by atoms with Gasteiger partial charge in [-0.3, -0.25) is 9.59 Å². The Labute approximate surface area is 99.5 Å². The van der Waals surface area contributed by atoms with Crippen LogP contribution in [0.25, 0.3) is 6.08 Å². The topological polar surface area (TPSA) is 47.3 Å². The van der Waals surface area contributed by atoms with Crippen molar-refractivity contribution in [3.8, 4) is 0 Å². The van der Waals surface area contributed by atoms with Gasteiger partial charge in [0.1, 0.15) is 5.76 Å². The minimum atomic E-state index is -0.0579. The summed E-state index contributed by atoms with van der Waals surface area (Å²) >= 11 is 0. The molecule has 0 saturated heterocycles. The summed E-state index contributed by atoms with van der Waals surface area (Å²) in [5.74, 6) is 0.516. The van der Waals surface area contributed by atoms with E-state index in [9.17, 15) is 9.59 Å². The molecular weight excluding hydrogens is 216 g/mol. The van der Waals surface area contributed by atoms with E-state index in [4.69, 9.17) is 4.42 Å². The third-order valence-electron chi connectivity index (χ3n) is 3.80. The van der Waals surface area contributed by atoms with Crippen molar-refractivity contribution in [2.24, 2.45) is 11.8 Å². The largest absolute Gasteiger partial charge is 0.465 e. The van der Waals surface area contributed by atoms with Crippen LogP contribution in [0.3, 0.4) is 0 Å². The Hall–Kier alpha value is -1.64. The number of carbonyl (C=O) groups excluding carboxylic acids is 2. The molecule has 0 spiro atoms. The molecule has 1 aromatic heterocycles. The number of carbonyl (C=O) groups is 2. The molecule has 0 amide bonds. The molecule has 0 aliphatic heterocycles. The van der Waals surface area contributed by atoms with Gasteiger partial charge in [-0.2, -0.15) is 0 Å². The Morgan fingerprint density at radius 1 is 1.12 bits per heavy atom. The van der Waals surface area contributed by atoms with E-state index in [1.807, 2.05) is 0 Å². The van der Waals surface area contributed by atoms with Gasteiger partial charge in [-0.25, -0.2) is 0 Å². The van der Waals surface area contributed by atoms with Crippen LogP contribution in [-0.2, 0) is 9.59 Å². The third-order valence-corrected chi connectivity index (χ3v) is 3.80. The summed E-state index contributed by atoms with van der Waals surface area (Å²) in [7, 11) is 0. The fourth-order valence-electron chi connectivity index (χ4n) is 2.94. The molecule has 3 heteroatoms. The number of rotatable bonds is 1. The van der Waals surface area contributed by atoms with Crippen LogP contribution in [0.4, 0.5) is 0 Å². The van der Waals surface area contributed by atoms with E-state index >= 15 is 0 Å². The van der Waals surface area contributed by atoms with Gasteiger partial charge in [0.05, 0.1) is 11.8 Å². The Balaban J connectivity index is 1.96. The highest BCUT2D eigenvalue weighted by Crippen LogP contribution is 2.40. The molecule has 2 saturated carbocycles. The van der Waals surface area contributed by atoms with Gasteiger partial charge >= 0.3 is 0 Å². The normalized spacial score (nSPS) is 28.4. The summed E-state index contributed by atoms with van der Waals surface area (Å²) in [6, 6.07) is 3.51. The van der Waals surface area contributed by atoms with Crippen molar-refractivity contribution >= 4 is 17.6 Å². The predicted octanol–water partition coefficient (Wildman–Crippen LogP) is 2.62. The number of furan rings is 1. The van der Waals surface area contributed by atoms with Crippen molar-refractivity contribution in [2.45, 2.75) is 25.7 Å². The van der Waals surface area contributed by atoms with Gasteiger partial charge in [0.25, 0.3) is 0 Å². The number of hydrogen-bond acceptors (Lipinski definition) is 3. The van der Waals surface area contributed by atoms with E-state index in [0.717, 1.165) is 25.7 Å². The van der Waals surface area contributed by atoms with Gasteiger partial charge in [0, 0.05) is 11.8 Å². The summed E-state index contributed by atoms with van der Waals surface area (Å²) in [5, 5.41) is 0. The lowest BCUT2D eigenvalue weighted by Gasteiger charge is -2.21. The smallest absolute Gasteiger partial charge is 0.170 e. The monoisotopic (exact) mass is 230 g/mol. The third kappa shape index (κ3) is 1.66. The maximum Gasteiger partial charge on any atom is 0.170 e. The highest BCUT2D eigenvalue weighted by Gasteiger charge is 2.46. The first-order chi connectivity index (χ1) is 8.27. The van der Waals surface area contributed by atoms with Gasteiger partial charge in [-0.1, -0.05) is 12.8 Å². The molecule has 2 aliphatic rings. The lowest BCUT2D eigenvalue weighted by molar-refractivity contribution is -0.120. The van der Waals surface area contributed by atoms with Gasteiger partial charge in [-0.05, 0) is 31.1 Å². The second kappa shape index (κ2) is 3.99. The molecule has 2 aliphatic carbocycles. The van der Waals surface area contributed by atoms with E-state index in [1.165, 1.54) is 0 Å². The Bertz CT molecular complexity index is 456. The second-order valence-corrected chi connectivity index (χ2v) is 4.80. The molecule has 2 atom stereocenters. The molecule has 0 radical (unpaired) electrons. The average Bonchev–Trinajstić information content (AvgIpc) is 2.94. The van der Waals surface area contributed by atoms with Crippen molar-refractivity contribution in [1.29, 1.82) is 0 Å². The molecule has 1 heterocycles. The van der Waals surface area contributed by atoms with Crippen LogP contribution >= 0.6 is 0 Å². The zero-order valence-electron chi connectivity index (χ0n) is 9.52. The summed E-state index contributed by atoms with van der Waals surface area (Å²) < 4.78 is 5.16. The number of hydrogen-bond donors (Lipinski definition) is 0. The first-order valence-electron chi connectivity index (χ1n) is 6.11. The maximum absolute atomic E-state index is 12.1. The summed E-state index contributed by atoms with van der Waals surface area (Å²) in [5.41, 5.74) is 0.344. The molecule has 3 rings (SSSR count). The van der Waals surface area contributed by atoms with Crippen molar-refractivity contribution < 1.29 is 14.0 Å². The minimum absolute atomic E-state index is 0.0242. The molecule has 17 heavy (non-hydrogen) atoms. The molecule has 0 unspecified atom stereocenters. The number of Topliss-reactive ketones (excluding diaryl/α,β-unsaturated/α-hetero) is 2. The molecular formula is C14H14O3. The molecule has 2 fully saturated rings. The summed E-state index contributed by atoms with van der Waals surface area (Å²) in [6.07, 6.45) is 7.00. The van der Waals surface area contributed by atoms with E-state index in [1.54, 1.807) is 24.5 Å². The lowest BCUT2D eigenvalue weighted by Crippen LogP contribution is -2.21. The zero-order valence-corrected chi connectivity index (χ0v) is 9.52. The highest BCUT2D eigenvalue weighted by molar-refractivity contribution is 6.29. The molecule has 3 nitrogen and oxygen atoms in total. The van der Waals surface area contributed by atoms with Crippen LogP contribution in [-0.4, -0.2) is 11.6 Å². The molecule has 0 bridgehead atoms. The number of ketones is 2. The fraction of sp³-hybridized carbons (Fsp3) is 0.429. The summed E-state index contributed by atoms with van der Waals surface area (Å²) in [6.45, 7) is 0. The van der Waals surface area contributed by atoms with Crippen molar-refractivity contribution in [3.05, 3.63) is 29.7 Å². The van der Waals surface area contributed by atoms with Crippen LogP contribution in [0.2, 0.25) is 0 Å². The molecule has 0 aromatic carbocycles. The number of fused-ring (bicyclic) bond motifs is 1. The SMILES string of the molecule is O=C1C(=Cc2ccco2)C(=O)[C@H]2CCCC[C@H]12. The standard InChI is InChI=1S/C14H14O3/c15-13-10-5-1-2-6-11(10)14(16)12(13)8-9-4-3-7-17-9/h3-4,7-8,10-11H,1-2,5-6H2/t10-,11-/m0/s1. The van der Waals surface area contributed by atoms with E-state index in [0.29, 0.717) is 11.3 Å². The maximum atomic E-state index is 12.1. The van der Waals surface area contributed by atoms with E-state index in [2.05, 4.69) is 0 Å². The average molecular weight is 230 g/mol. The molecule has 1 aromatic rings. The van der Waals surface area contributed by atoms with Crippen LogP contribution in [0.1, 0.15) is 31.4 Å². The second-order valence-electron chi connectivity index (χ2n) is 4.80. The van der Waals surface area contributed by atoms with Crippen molar-refractivity contribution in [1.82, 2.24) is 0 Å². The van der Waals surface area contributed by atoms with E-state index < -0.39 is 0 Å². The highest BCUT2D eigenvalue weighted by atomic mass is 16.3. The zero-order chi connectivity index (χ0) is 11.8. The predicted molar refractivity (Wildman–Crippen MR) is 62.1 cm³/mol. The number of allylic oxidation sites excluding steroid dienone is 1. The van der Waals surface area contributed by atoms with Crippen LogP contribution < -0.4 is 0 Å². The first-order valence-corrected chi connectivity index (χ1v) is 6.11. The molecule has 0 N–H and O–H groups in total. The Morgan fingerprint density at radius 2 is 1.76 bits per heavy atom. The summed E-state index contributed by atoms with van der Waals surface area (Å²) in [4.78, 5) is 24.3. The van der Waals surface area contributed by atoms with Crippen LogP contribution in [0.15, 0.2) is 28.4 Å².